The molecule has 0 aliphatic carbocycles. The average molecular weight is 382 g/mol. The maximum Gasteiger partial charge on any atom is 0.236 e. The molecule has 7 heteroatoms. The second-order valence-corrected chi connectivity index (χ2v) is 7.51. The molecule has 2 aromatic carbocycles. The lowest BCUT2D eigenvalue weighted by Crippen LogP contribution is -2.36. The fourth-order valence-electron chi connectivity index (χ4n) is 2.75. The summed E-state index contributed by atoms with van der Waals surface area (Å²) in [6.07, 6.45) is 0. The number of hydrogen-bond acceptors (Lipinski definition) is 5. The van der Waals surface area contributed by atoms with Crippen LogP contribution < -0.4 is 0 Å². The van der Waals surface area contributed by atoms with Gasteiger partial charge in [0.25, 0.3) is 0 Å². The van der Waals surface area contributed by atoms with Gasteiger partial charge in [-0.3, -0.25) is 4.79 Å². The third kappa shape index (κ3) is 5.17. The molecule has 0 saturated heterocycles. The molecule has 0 bridgehead atoms. The zero-order valence-corrected chi connectivity index (χ0v) is 16.3. The molecule has 1 heterocycles. The van der Waals surface area contributed by atoms with Gasteiger partial charge in [0.1, 0.15) is 0 Å². The van der Waals surface area contributed by atoms with E-state index in [1.54, 1.807) is 4.68 Å². The van der Waals surface area contributed by atoms with E-state index in [0.29, 0.717) is 24.8 Å². The van der Waals surface area contributed by atoms with Gasteiger partial charge < -0.3 is 4.90 Å². The fourth-order valence-corrected chi connectivity index (χ4v) is 3.62. The summed E-state index contributed by atoms with van der Waals surface area (Å²) in [7, 11) is 0. The van der Waals surface area contributed by atoms with Gasteiger partial charge in [-0.1, -0.05) is 72.4 Å². The van der Waals surface area contributed by atoms with Crippen LogP contribution in [0.5, 0.6) is 0 Å². The van der Waals surface area contributed by atoms with Crippen LogP contribution in [0.25, 0.3) is 0 Å². The van der Waals surface area contributed by atoms with Gasteiger partial charge in [-0.05, 0) is 35.4 Å². The molecule has 3 aromatic rings. The van der Waals surface area contributed by atoms with Crippen molar-refractivity contribution in [2.75, 3.05) is 6.54 Å². The maximum absolute atomic E-state index is 12.9. The highest BCUT2D eigenvalue weighted by Crippen LogP contribution is 2.23. The molecule has 0 aliphatic rings. The largest absolute Gasteiger partial charge is 0.338 e. The monoisotopic (exact) mass is 381 g/mol. The Kier molecular flexibility index (Phi) is 6.59. The van der Waals surface area contributed by atoms with Crippen LogP contribution in [0.3, 0.4) is 0 Å². The van der Waals surface area contributed by atoms with Crippen molar-refractivity contribution >= 4 is 17.7 Å². The van der Waals surface area contributed by atoms with E-state index < -0.39 is 0 Å². The Morgan fingerprint density at radius 2 is 1.70 bits per heavy atom. The highest BCUT2D eigenvalue weighted by Gasteiger charge is 2.23. The quantitative estimate of drug-likeness (QED) is 0.561. The summed E-state index contributed by atoms with van der Waals surface area (Å²) in [5.41, 5.74) is 2.24. The second kappa shape index (κ2) is 9.32. The molecule has 0 saturated carbocycles. The van der Waals surface area contributed by atoms with Gasteiger partial charge in [-0.25, -0.2) is 4.68 Å². The summed E-state index contributed by atoms with van der Waals surface area (Å²) >= 11 is 1.39. The zero-order valence-electron chi connectivity index (χ0n) is 15.5. The minimum Gasteiger partial charge on any atom is -0.338 e. The summed E-state index contributed by atoms with van der Waals surface area (Å²) in [6.45, 7) is 5.75. The van der Waals surface area contributed by atoms with Crippen LogP contribution in [0.15, 0.2) is 65.8 Å². The Bertz CT molecular complexity index is 853. The van der Waals surface area contributed by atoms with Gasteiger partial charge in [0, 0.05) is 13.1 Å². The lowest BCUT2D eigenvalue weighted by Gasteiger charge is -2.24. The number of benzene rings is 2. The number of aromatic nitrogens is 4. The Labute approximate surface area is 163 Å². The molecule has 0 radical (unpaired) electrons. The lowest BCUT2D eigenvalue weighted by atomic mass is 10.2. The van der Waals surface area contributed by atoms with Crippen molar-refractivity contribution in [1.29, 1.82) is 0 Å². The maximum atomic E-state index is 12.9. The van der Waals surface area contributed by atoms with E-state index in [2.05, 4.69) is 15.5 Å². The van der Waals surface area contributed by atoms with Crippen molar-refractivity contribution in [3.63, 3.8) is 0 Å². The minimum atomic E-state index is -0.269. The van der Waals surface area contributed by atoms with Crippen molar-refractivity contribution in [2.24, 2.45) is 0 Å². The summed E-state index contributed by atoms with van der Waals surface area (Å²) in [5, 5.41) is 12.3. The van der Waals surface area contributed by atoms with E-state index >= 15 is 0 Å². The molecule has 0 spiro atoms. The van der Waals surface area contributed by atoms with E-state index in [-0.39, 0.29) is 11.2 Å². The smallest absolute Gasteiger partial charge is 0.236 e. The van der Waals surface area contributed by atoms with Crippen molar-refractivity contribution < 1.29 is 4.79 Å². The molecule has 0 N–H and O–H groups in total. The van der Waals surface area contributed by atoms with E-state index in [0.717, 1.165) is 11.1 Å². The van der Waals surface area contributed by atoms with Crippen molar-refractivity contribution in [1.82, 2.24) is 25.1 Å². The summed E-state index contributed by atoms with van der Waals surface area (Å²) in [6, 6.07) is 20.0. The molecule has 1 amide bonds. The molecule has 1 aromatic heterocycles. The predicted octanol–water partition coefficient (Wildman–Crippen LogP) is 3.25. The number of thioether (sulfide) groups is 1. The SMILES string of the molecule is CCN(Cc1ccccc1)C(=O)[C@H](C)Sc1nnnn1Cc1ccccc1. The van der Waals surface area contributed by atoms with Gasteiger partial charge >= 0.3 is 0 Å². The first kappa shape index (κ1) is 19.1. The standard InChI is InChI=1S/C20H23N5OS/c1-3-24(14-17-10-6-4-7-11-17)19(26)16(2)27-20-21-22-23-25(20)15-18-12-8-5-9-13-18/h4-13,16H,3,14-15H2,1-2H3/t16-/m0/s1. The van der Waals surface area contributed by atoms with Crippen LogP contribution in [0, 0.1) is 0 Å². The summed E-state index contributed by atoms with van der Waals surface area (Å²) in [4.78, 5) is 14.8. The van der Waals surface area contributed by atoms with Crippen LogP contribution in [0.1, 0.15) is 25.0 Å². The average Bonchev–Trinajstić information content (AvgIpc) is 3.13. The first-order chi connectivity index (χ1) is 13.2. The third-order valence-electron chi connectivity index (χ3n) is 4.21. The fraction of sp³-hybridized carbons (Fsp3) is 0.300. The van der Waals surface area contributed by atoms with Crippen molar-refractivity contribution in [3.05, 3.63) is 71.8 Å². The molecule has 0 fully saturated rings. The predicted molar refractivity (Wildman–Crippen MR) is 106 cm³/mol. The number of hydrogen-bond donors (Lipinski definition) is 0. The number of nitrogens with zero attached hydrogens (tertiary/aromatic N) is 5. The number of rotatable bonds is 8. The first-order valence-electron chi connectivity index (χ1n) is 8.97. The Morgan fingerprint density at radius 1 is 1.07 bits per heavy atom. The molecule has 3 rings (SSSR count). The number of carbonyl (C=O) groups is 1. The van der Waals surface area contributed by atoms with Gasteiger partial charge in [-0.15, -0.1) is 5.10 Å². The molecule has 0 aliphatic heterocycles. The molecular formula is C20H23N5OS. The van der Waals surface area contributed by atoms with E-state index in [1.165, 1.54) is 11.8 Å². The van der Waals surface area contributed by atoms with Crippen molar-refractivity contribution in [2.45, 2.75) is 37.3 Å². The van der Waals surface area contributed by atoms with Crippen LogP contribution in [0.4, 0.5) is 0 Å². The third-order valence-corrected chi connectivity index (χ3v) is 5.27. The van der Waals surface area contributed by atoms with Gasteiger partial charge in [0.2, 0.25) is 11.1 Å². The normalized spacial score (nSPS) is 11.9. The number of tetrazole rings is 1. The minimum absolute atomic E-state index is 0.0839. The topological polar surface area (TPSA) is 63.9 Å². The van der Waals surface area contributed by atoms with Crippen LogP contribution in [-0.4, -0.2) is 42.8 Å². The number of amides is 1. The molecule has 140 valence electrons. The Balaban J connectivity index is 1.65. The van der Waals surface area contributed by atoms with Gasteiger partial charge in [0.15, 0.2) is 0 Å². The molecule has 27 heavy (non-hydrogen) atoms. The first-order valence-corrected chi connectivity index (χ1v) is 9.84. The highest BCUT2D eigenvalue weighted by atomic mass is 32.2. The van der Waals surface area contributed by atoms with E-state index in [4.69, 9.17) is 0 Å². The number of carbonyl (C=O) groups excluding carboxylic acids is 1. The van der Waals surface area contributed by atoms with Gasteiger partial charge in [0.05, 0.1) is 11.8 Å². The van der Waals surface area contributed by atoms with E-state index in [1.807, 2.05) is 79.4 Å². The van der Waals surface area contributed by atoms with Crippen LogP contribution in [0.2, 0.25) is 0 Å². The molecular weight excluding hydrogens is 358 g/mol. The Morgan fingerprint density at radius 3 is 2.33 bits per heavy atom. The second-order valence-electron chi connectivity index (χ2n) is 6.20. The van der Waals surface area contributed by atoms with E-state index in [9.17, 15) is 4.79 Å². The summed E-state index contributed by atoms with van der Waals surface area (Å²) in [5.74, 6) is 0.0839. The summed E-state index contributed by atoms with van der Waals surface area (Å²) < 4.78 is 1.73. The van der Waals surface area contributed by atoms with Crippen molar-refractivity contribution in [3.8, 4) is 0 Å². The van der Waals surface area contributed by atoms with Crippen LogP contribution >= 0.6 is 11.8 Å². The molecule has 1 atom stereocenters. The zero-order chi connectivity index (χ0) is 19.1. The van der Waals surface area contributed by atoms with Gasteiger partial charge in [-0.2, -0.15) is 0 Å². The highest BCUT2D eigenvalue weighted by molar-refractivity contribution is 8.00. The van der Waals surface area contributed by atoms with Crippen LogP contribution in [-0.2, 0) is 17.9 Å². The Hall–Kier alpha value is -2.67. The molecule has 6 nitrogen and oxygen atoms in total. The lowest BCUT2D eigenvalue weighted by molar-refractivity contribution is -0.130. The molecule has 0 unspecified atom stereocenters.